The average molecular weight is 332 g/mol. The van der Waals surface area contributed by atoms with Crippen molar-refractivity contribution in [1.29, 1.82) is 0 Å². The van der Waals surface area contributed by atoms with E-state index in [1.165, 1.54) is 12.1 Å². The first-order valence-electron chi connectivity index (χ1n) is 6.64. The Morgan fingerprint density at radius 1 is 1.14 bits per heavy atom. The molecule has 6 nitrogen and oxygen atoms in total. The summed E-state index contributed by atoms with van der Waals surface area (Å²) in [5.41, 5.74) is 6.46. The predicted octanol–water partition coefficient (Wildman–Crippen LogP) is 0.421. The second-order valence-electron chi connectivity index (χ2n) is 5.52. The molecule has 1 heterocycles. The highest BCUT2D eigenvalue weighted by Gasteiger charge is 2.24. The summed E-state index contributed by atoms with van der Waals surface area (Å²) in [4.78, 5) is 1.96. The average Bonchev–Trinajstić information content (AvgIpc) is 2.36. The van der Waals surface area contributed by atoms with Crippen molar-refractivity contribution in [1.82, 2.24) is 0 Å². The van der Waals surface area contributed by atoms with Crippen LogP contribution >= 0.6 is 0 Å². The minimum atomic E-state index is -3.53. The molecule has 2 N–H and O–H groups in total. The molecule has 1 unspecified atom stereocenters. The fourth-order valence-electron chi connectivity index (χ4n) is 2.51. The molecule has 118 valence electrons. The highest BCUT2D eigenvalue weighted by molar-refractivity contribution is 7.91. The van der Waals surface area contributed by atoms with E-state index in [0.29, 0.717) is 18.8 Å². The molecule has 1 fully saturated rings. The van der Waals surface area contributed by atoms with Crippen molar-refractivity contribution >= 4 is 25.4 Å². The number of anilines is 1. The summed E-state index contributed by atoms with van der Waals surface area (Å²) < 4.78 is 47.3. The summed E-state index contributed by atoms with van der Waals surface area (Å²) in [5, 5.41) is 0. The van der Waals surface area contributed by atoms with Crippen LogP contribution in [0.3, 0.4) is 0 Å². The highest BCUT2D eigenvalue weighted by atomic mass is 32.2. The molecule has 0 aromatic heterocycles. The Morgan fingerprint density at radius 3 is 2.33 bits per heavy atom. The van der Waals surface area contributed by atoms with Crippen LogP contribution in [0.1, 0.15) is 12.8 Å². The first-order valence-corrected chi connectivity index (χ1v) is 10.4. The lowest BCUT2D eigenvalue weighted by molar-refractivity contribution is 0.503. The predicted molar refractivity (Wildman–Crippen MR) is 82.1 cm³/mol. The van der Waals surface area contributed by atoms with E-state index in [0.717, 1.165) is 25.4 Å². The number of rotatable bonds is 3. The summed E-state index contributed by atoms with van der Waals surface area (Å²) in [7, 11) is -6.98. The number of piperidine rings is 1. The monoisotopic (exact) mass is 332 g/mol. The van der Waals surface area contributed by atoms with E-state index in [1.54, 1.807) is 6.07 Å². The zero-order valence-electron chi connectivity index (χ0n) is 12.1. The van der Waals surface area contributed by atoms with Crippen LogP contribution in [-0.4, -0.2) is 48.5 Å². The van der Waals surface area contributed by atoms with Gasteiger partial charge in [-0.3, -0.25) is 0 Å². The molecule has 0 radical (unpaired) electrons. The van der Waals surface area contributed by atoms with E-state index in [9.17, 15) is 16.8 Å². The first-order chi connectivity index (χ1) is 9.59. The van der Waals surface area contributed by atoms with Crippen molar-refractivity contribution in [3.05, 3.63) is 18.2 Å². The standard InChI is InChI=1S/C13H20N2O4S2/c1-20(16,17)11-5-6-12(13(8-11)21(2,18)19)15-7-3-4-10(14)9-15/h5-6,8,10H,3-4,7,9,14H2,1-2H3. The second kappa shape index (κ2) is 5.58. The van der Waals surface area contributed by atoms with Crippen LogP contribution in [0.4, 0.5) is 5.69 Å². The smallest absolute Gasteiger partial charge is 0.177 e. The number of hydrogen-bond donors (Lipinski definition) is 1. The molecule has 1 aliphatic rings. The Bertz CT molecular complexity index is 741. The van der Waals surface area contributed by atoms with Crippen molar-refractivity contribution in [3.63, 3.8) is 0 Å². The van der Waals surface area contributed by atoms with Crippen LogP contribution in [0.2, 0.25) is 0 Å². The Kier molecular flexibility index (Phi) is 4.32. The molecule has 0 bridgehead atoms. The van der Waals surface area contributed by atoms with E-state index in [4.69, 9.17) is 5.73 Å². The molecule has 0 spiro atoms. The summed E-state index contributed by atoms with van der Waals surface area (Å²) in [6, 6.07) is 4.24. The van der Waals surface area contributed by atoms with E-state index in [1.807, 2.05) is 4.90 Å². The number of hydrogen-bond acceptors (Lipinski definition) is 6. The zero-order valence-corrected chi connectivity index (χ0v) is 13.7. The van der Waals surface area contributed by atoms with Gasteiger partial charge in [-0.25, -0.2) is 16.8 Å². The van der Waals surface area contributed by atoms with Crippen molar-refractivity contribution in [2.45, 2.75) is 28.7 Å². The number of benzene rings is 1. The summed E-state index contributed by atoms with van der Waals surface area (Å²) in [6.07, 6.45) is 3.94. The lowest BCUT2D eigenvalue weighted by Crippen LogP contribution is -2.43. The van der Waals surface area contributed by atoms with Gasteiger partial charge in [-0.2, -0.15) is 0 Å². The van der Waals surface area contributed by atoms with Gasteiger partial charge in [0.2, 0.25) is 0 Å². The van der Waals surface area contributed by atoms with Gasteiger partial charge in [0, 0.05) is 31.6 Å². The van der Waals surface area contributed by atoms with Gasteiger partial charge in [-0.15, -0.1) is 0 Å². The molecule has 0 saturated carbocycles. The van der Waals surface area contributed by atoms with Gasteiger partial charge in [0.05, 0.1) is 15.5 Å². The summed E-state index contributed by atoms with van der Waals surface area (Å²) in [5.74, 6) is 0. The maximum Gasteiger partial charge on any atom is 0.177 e. The molecular formula is C13H20N2O4S2. The normalized spacial score (nSPS) is 20.5. The van der Waals surface area contributed by atoms with Gasteiger partial charge in [0.1, 0.15) is 0 Å². The lowest BCUT2D eigenvalue weighted by Gasteiger charge is -2.33. The molecular weight excluding hydrogens is 312 g/mol. The maximum absolute atomic E-state index is 12.0. The number of nitrogens with zero attached hydrogens (tertiary/aromatic N) is 1. The topological polar surface area (TPSA) is 97.5 Å². The molecule has 1 atom stereocenters. The van der Waals surface area contributed by atoms with Gasteiger partial charge in [0.15, 0.2) is 19.7 Å². The molecule has 1 aromatic carbocycles. The third-order valence-corrected chi connectivity index (χ3v) is 5.79. The minimum Gasteiger partial charge on any atom is -0.369 e. The first kappa shape index (κ1) is 16.3. The highest BCUT2D eigenvalue weighted by Crippen LogP contribution is 2.30. The van der Waals surface area contributed by atoms with Crippen molar-refractivity contribution in [2.24, 2.45) is 5.73 Å². The summed E-state index contributed by atoms with van der Waals surface area (Å²) in [6.45, 7) is 1.29. The van der Waals surface area contributed by atoms with E-state index >= 15 is 0 Å². The van der Waals surface area contributed by atoms with Crippen LogP contribution in [0, 0.1) is 0 Å². The molecule has 2 rings (SSSR count). The second-order valence-corrected chi connectivity index (χ2v) is 9.52. The Hall–Kier alpha value is -1.12. The SMILES string of the molecule is CS(=O)(=O)c1ccc(N2CCCC(N)C2)c(S(C)(=O)=O)c1. The molecule has 0 amide bonds. The number of nitrogens with two attached hydrogens (primary N) is 1. The molecule has 8 heteroatoms. The third-order valence-electron chi connectivity index (χ3n) is 3.56. The van der Waals surface area contributed by atoms with Gasteiger partial charge in [-0.05, 0) is 31.0 Å². The van der Waals surface area contributed by atoms with Gasteiger partial charge < -0.3 is 10.6 Å². The molecule has 1 aliphatic heterocycles. The Morgan fingerprint density at radius 2 is 1.81 bits per heavy atom. The largest absolute Gasteiger partial charge is 0.369 e. The van der Waals surface area contributed by atoms with Crippen molar-refractivity contribution in [3.8, 4) is 0 Å². The van der Waals surface area contributed by atoms with Gasteiger partial charge in [0.25, 0.3) is 0 Å². The van der Waals surface area contributed by atoms with Crippen molar-refractivity contribution in [2.75, 3.05) is 30.5 Å². The zero-order chi connectivity index (χ0) is 15.8. The molecule has 0 aliphatic carbocycles. The van der Waals surface area contributed by atoms with Crippen LogP contribution in [-0.2, 0) is 19.7 Å². The van der Waals surface area contributed by atoms with Crippen LogP contribution in [0.5, 0.6) is 0 Å². The Balaban J connectivity index is 2.56. The van der Waals surface area contributed by atoms with E-state index < -0.39 is 19.7 Å². The number of sulfone groups is 2. The van der Waals surface area contributed by atoms with E-state index in [-0.39, 0.29) is 15.8 Å². The fraction of sp³-hybridized carbons (Fsp3) is 0.538. The van der Waals surface area contributed by atoms with Crippen molar-refractivity contribution < 1.29 is 16.8 Å². The van der Waals surface area contributed by atoms with E-state index in [2.05, 4.69) is 0 Å². The van der Waals surface area contributed by atoms with Gasteiger partial charge in [-0.1, -0.05) is 0 Å². The Labute approximate surface area is 125 Å². The molecule has 1 saturated heterocycles. The molecule has 1 aromatic rings. The van der Waals surface area contributed by atoms with Crippen LogP contribution in [0.15, 0.2) is 28.0 Å². The third kappa shape index (κ3) is 3.75. The summed E-state index contributed by atoms with van der Waals surface area (Å²) >= 11 is 0. The lowest BCUT2D eigenvalue weighted by atomic mass is 10.1. The fourth-order valence-corrected chi connectivity index (χ4v) is 4.15. The van der Waals surface area contributed by atoms with Crippen LogP contribution in [0.25, 0.3) is 0 Å². The minimum absolute atomic E-state index is 0.000689. The van der Waals surface area contributed by atoms with Gasteiger partial charge >= 0.3 is 0 Å². The van der Waals surface area contributed by atoms with Crippen LogP contribution < -0.4 is 10.6 Å². The maximum atomic E-state index is 12.0. The molecule has 21 heavy (non-hydrogen) atoms. The quantitative estimate of drug-likeness (QED) is 0.861.